The second kappa shape index (κ2) is 17.6. The highest BCUT2D eigenvalue weighted by atomic mass is 79.9. The Bertz CT molecular complexity index is 1130. The fraction of sp³-hybridized carbons (Fsp3) is 0.711. The number of benzene rings is 1. The van der Waals surface area contributed by atoms with Crippen LogP contribution in [0.2, 0.25) is 36.3 Å². The van der Waals surface area contributed by atoms with Gasteiger partial charge in [0.2, 0.25) is 0 Å². The number of halogens is 1. The van der Waals surface area contributed by atoms with Crippen molar-refractivity contribution in [3.8, 4) is 0 Å². The Hall–Kier alpha value is -1.04. The van der Waals surface area contributed by atoms with E-state index >= 15 is 0 Å². The van der Waals surface area contributed by atoms with Crippen molar-refractivity contribution >= 4 is 38.5 Å². The number of allylic oxidation sites excluding steroid dienone is 2. The summed E-state index contributed by atoms with van der Waals surface area (Å²) in [5.41, 5.74) is 1.30. The minimum Gasteiger partial charge on any atom is -0.463 e. The lowest BCUT2D eigenvalue weighted by Gasteiger charge is -2.40. The molecule has 1 aromatic rings. The molecule has 0 heterocycles. The molecule has 262 valence electrons. The molecular weight excluding hydrogens is 672 g/mol. The molecule has 0 spiro atoms. The summed E-state index contributed by atoms with van der Waals surface area (Å²) in [6.07, 6.45) is 13.7. The molecule has 0 unspecified atom stereocenters. The molecule has 46 heavy (non-hydrogen) atoms. The van der Waals surface area contributed by atoms with Crippen LogP contribution >= 0.6 is 15.9 Å². The zero-order valence-electron chi connectivity index (χ0n) is 31.0. The number of unbranched alkanes of at least 4 members (excludes halogenated alkanes) is 1. The highest BCUT2D eigenvalue weighted by Crippen LogP contribution is 2.44. The quantitative estimate of drug-likeness (QED) is 0.0792. The topological polar surface area (TPSA) is 65.0 Å². The first kappa shape index (κ1) is 41.1. The van der Waals surface area contributed by atoms with E-state index in [0.29, 0.717) is 12.8 Å². The molecule has 2 rings (SSSR count). The Kier molecular flexibility index (Phi) is 15.7. The van der Waals surface area contributed by atoms with Crippen LogP contribution in [0.3, 0.4) is 0 Å². The van der Waals surface area contributed by atoms with Gasteiger partial charge >= 0.3 is 5.97 Å². The van der Waals surface area contributed by atoms with Gasteiger partial charge in [-0.05, 0) is 112 Å². The molecule has 1 N–H and O–H groups in total. The summed E-state index contributed by atoms with van der Waals surface area (Å²) >= 11 is 3.56. The third kappa shape index (κ3) is 13.1. The van der Waals surface area contributed by atoms with Gasteiger partial charge in [0.1, 0.15) is 0 Å². The molecule has 1 aliphatic rings. The molecule has 0 bridgehead atoms. The van der Waals surface area contributed by atoms with Gasteiger partial charge in [-0.25, -0.2) is 0 Å². The summed E-state index contributed by atoms with van der Waals surface area (Å²) in [6.45, 7) is 26.7. The van der Waals surface area contributed by atoms with Gasteiger partial charge in [0.15, 0.2) is 16.6 Å². The molecule has 0 aromatic heterocycles. The van der Waals surface area contributed by atoms with Gasteiger partial charge in [-0.2, -0.15) is 0 Å². The molecule has 1 aliphatic carbocycles. The summed E-state index contributed by atoms with van der Waals surface area (Å²) in [7, 11) is -4.09. The number of rotatable bonds is 16. The molecule has 0 amide bonds. The van der Waals surface area contributed by atoms with Crippen LogP contribution < -0.4 is 0 Å². The number of hydrogen-bond acceptors (Lipinski definition) is 5. The Labute approximate surface area is 292 Å². The van der Waals surface area contributed by atoms with Crippen molar-refractivity contribution in [1.29, 1.82) is 0 Å². The maximum absolute atomic E-state index is 11.9. The summed E-state index contributed by atoms with van der Waals surface area (Å²) in [5.74, 6) is 0.0150. The Balaban J connectivity index is 2.30. The lowest BCUT2D eigenvalue weighted by Crippen LogP contribution is -2.45. The van der Waals surface area contributed by atoms with Crippen LogP contribution in [0.5, 0.6) is 0 Å². The Morgan fingerprint density at radius 3 is 2.17 bits per heavy atom. The van der Waals surface area contributed by atoms with Crippen molar-refractivity contribution in [3.63, 3.8) is 0 Å². The lowest BCUT2D eigenvalue weighted by molar-refractivity contribution is -0.147. The molecule has 1 fully saturated rings. The summed E-state index contributed by atoms with van der Waals surface area (Å²) in [5, 5.41) is 11.6. The van der Waals surface area contributed by atoms with E-state index in [9.17, 15) is 9.90 Å². The maximum Gasteiger partial charge on any atom is 0.306 e. The molecule has 0 aliphatic heterocycles. The maximum atomic E-state index is 11.9. The van der Waals surface area contributed by atoms with Crippen LogP contribution in [0.1, 0.15) is 99.5 Å². The summed E-state index contributed by atoms with van der Waals surface area (Å²) in [4.78, 5) is 11.9. The number of aliphatic hydroxyl groups is 1. The fourth-order valence-corrected chi connectivity index (χ4v) is 8.32. The van der Waals surface area contributed by atoms with Gasteiger partial charge in [-0.3, -0.25) is 4.79 Å². The van der Waals surface area contributed by atoms with E-state index in [1.165, 1.54) is 5.56 Å². The first-order valence-corrected chi connectivity index (χ1v) is 24.0. The van der Waals surface area contributed by atoms with E-state index in [2.05, 4.69) is 132 Å². The van der Waals surface area contributed by atoms with Crippen molar-refractivity contribution in [2.45, 2.75) is 161 Å². The standard InChI is InChI=1S/C38H65BrO5Si2/c1-28(2)42-36(41)18-16-14-13-15-17-32-33(35(27-34(32)40)44-46(11,12)38(6,7)8)26-25-31(43-45(9,10)37(3,4)5)24-21-29-19-22-30(39)23-20-29/h13,15,19-20,22-23,25-26,28,31-35,40H,14,16-18,21,24,27H2,1-12H3/b15-13-,26-25+/t31-,32+,33+,34-,35+/m0/s1. The van der Waals surface area contributed by atoms with Gasteiger partial charge < -0.3 is 18.7 Å². The van der Waals surface area contributed by atoms with Gasteiger partial charge in [0.25, 0.3) is 0 Å². The third-order valence-corrected chi connectivity index (χ3v) is 19.8. The van der Waals surface area contributed by atoms with Crippen LogP contribution in [0, 0.1) is 11.8 Å². The number of esters is 1. The predicted octanol–water partition coefficient (Wildman–Crippen LogP) is 10.8. The summed E-state index contributed by atoms with van der Waals surface area (Å²) in [6, 6.07) is 8.58. The van der Waals surface area contributed by atoms with Gasteiger partial charge in [-0.15, -0.1) is 0 Å². The van der Waals surface area contributed by atoms with Crippen LogP contribution in [-0.4, -0.2) is 52.1 Å². The number of aryl methyl sites for hydroxylation is 1. The highest BCUT2D eigenvalue weighted by Gasteiger charge is 2.47. The minimum absolute atomic E-state index is 0.0161. The SMILES string of the molecule is CC(C)OC(=O)CCC/C=C\C[C@@H]1[C@@H](/C=C/[C@H](CCc2ccc(Br)cc2)O[Si](C)(C)C(C)(C)C)[C@H](O[Si](C)(C)C(C)(C)C)C[C@@H]1O. The second-order valence-corrected chi connectivity index (χ2v) is 27.0. The molecule has 5 nitrogen and oxygen atoms in total. The number of carbonyl (C=O) groups excluding carboxylic acids is 1. The zero-order valence-corrected chi connectivity index (χ0v) is 34.6. The molecular formula is C38H65BrO5Si2. The van der Waals surface area contributed by atoms with Gasteiger partial charge in [0, 0.05) is 16.8 Å². The van der Waals surface area contributed by atoms with Crippen LogP contribution in [-0.2, 0) is 24.8 Å². The number of ether oxygens (including phenoxy) is 1. The van der Waals surface area contributed by atoms with Crippen molar-refractivity contribution in [1.82, 2.24) is 0 Å². The normalized spacial score (nSPS) is 22.3. The van der Waals surface area contributed by atoms with E-state index in [1.54, 1.807) is 0 Å². The monoisotopic (exact) mass is 736 g/mol. The molecule has 1 aromatic carbocycles. The van der Waals surface area contributed by atoms with Gasteiger partial charge in [-0.1, -0.05) is 93.9 Å². The van der Waals surface area contributed by atoms with Crippen molar-refractivity contribution in [2.24, 2.45) is 11.8 Å². The van der Waals surface area contributed by atoms with Crippen molar-refractivity contribution < 1.29 is 23.5 Å². The first-order chi connectivity index (χ1) is 21.1. The predicted molar refractivity (Wildman–Crippen MR) is 202 cm³/mol. The van der Waals surface area contributed by atoms with E-state index in [1.807, 2.05) is 13.8 Å². The minimum atomic E-state index is -2.06. The van der Waals surface area contributed by atoms with Crippen molar-refractivity contribution in [3.05, 3.63) is 58.6 Å². The zero-order chi connectivity index (χ0) is 34.9. The van der Waals surface area contributed by atoms with Crippen molar-refractivity contribution in [2.75, 3.05) is 0 Å². The lowest BCUT2D eigenvalue weighted by atomic mass is 9.89. The number of aliphatic hydroxyl groups excluding tert-OH is 1. The molecule has 8 heteroatoms. The van der Waals surface area contributed by atoms with Gasteiger partial charge in [0.05, 0.1) is 24.4 Å². The smallest absolute Gasteiger partial charge is 0.306 e. The average Bonchev–Trinajstić information content (AvgIpc) is 3.19. The summed E-state index contributed by atoms with van der Waals surface area (Å²) < 4.78 is 20.4. The van der Waals surface area contributed by atoms with Crippen LogP contribution in [0.15, 0.2) is 53.0 Å². The Morgan fingerprint density at radius 1 is 1.00 bits per heavy atom. The van der Waals surface area contributed by atoms with E-state index < -0.39 is 22.7 Å². The average molecular weight is 738 g/mol. The van der Waals surface area contributed by atoms with E-state index in [4.69, 9.17) is 13.6 Å². The second-order valence-electron chi connectivity index (χ2n) is 16.6. The molecule has 0 radical (unpaired) electrons. The molecule has 0 saturated heterocycles. The number of carbonyl (C=O) groups is 1. The fourth-order valence-electron chi connectivity index (χ4n) is 5.38. The first-order valence-electron chi connectivity index (χ1n) is 17.4. The largest absolute Gasteiger partial charge is 0.463 e. The van der Waals surface area contributed by atoms with Crippen LogP contribution in [0.4, 0.5) is 0 Å². The molecule has 5 atom stereocenters. The van der Waals surface area contributed by atoms with Crippen LogP contribution in [0.25, 0.3) is 0 Å². The Morgan fingerprint density at radius 2 is 1.61 bits per heavy atom. The van der Waals surface area contributed by atoms with E-state index in [-0.39, 0.29) is 46.2 Å². The highest BCUT2D eigenvalue weighted by molar-refractivity contribution is 9.10. The van der Waals surface area contributed by atoms with E-state index in [0.717, 1.165) is 36.6 Å². The number of hydrogen-bond donors (Lipinski definition) is 1. The third-order valence-electron chi connectivity index (χ3n) is 10.3. The molecule has 1 saturated carbocycles.